The van der Waals surface area contributed by atoms with Gasteiger partial charge in [0.05, 0.1) is 6.20 Å². The Morgan fingerprint density at radius 1 is 1.50 bits per heavy atom. The molecule has 0 radical (unpaired) electrons. The second-order valence-corrected chi connectivity index (χ2v) is 4.72. The molecule has 0 aliphatic carbocycles. The largest absolute Gasteiger partial charge is 0.316 e. The molecule has 1 aromatic rings. The molecule has 3 nitrogen and oxygen atoms in total. The van der Waals surface area contributed by atoms with Crippen LogP contribution in [0.25, 0.3) is 0 Å². The average molecular weight is 223 g/mol. The van der Waals surface area contributed by atoms with Crippen molar-refractivity contribution in [1.29, 1.82) is 0 Å². The Labute approximate surface area is 99.0 Å². The lowest BCUT2D eigenvalue weighted by Crippen LogP contribution is -2.22. The van der Waals surface area contributed by atoms with Gasteiger partial charge in [0, 0.05) is 5.69 Å². The van der Waals surface area contributed by atoms with Crippen molar-refractivity contribution < 1.29 is 0 Å². The maximum absolute atomic E-state index is 4.03. The lowest BCUT2D eigenvalue weighted by molar-refractivity contribution is 0.473. The number of H-pyrrole nitrogens is 1. The highest BCUT2D eigenvalue weighted by Crippen LogP contribution is 2.06. The highest BCUT2D eigenvalue weighted by Gasteiger charge is 2.01. The highest BCUT2D eigenvalue weighted by atomic mass is 15.1. The first-order valence-corrected chi connectivity index (χ1v) is 6.43. The van der Waals surface area contributed by atoms with Crippen molar-refractivity contribution in [3.63, 3.8) is 0 Å². The molecule has 0 saturated carbocycles. The Bertz CT molecular complexity index is 280. The first kappa shape index (κ1) is 13.2. The van der Waals surface area contributed by atoms with Crippen LogP contribution in [-0.4, -0.2) is 23.3 Å². The summed E-state index contributed by atoms with van der Waals surface area (Å²) in [5.41, 5.74) is 2.56. The minimum atomic E-state index is 0.806. The highest BCUT2D eigenvalue weighted by molar-refractivity contribution is 5.14. The van der Waals surface area contributed by atoms with Crippen molar-refractivity contribution in [3.05, 3.63) is 17.5 Å². The lowest BCUT2D eigenvalue weighted by atomic mass is 10.1. The number of aryl methyl sites for hydroxylation is 2. The zero-order chi connectivity index (χ0) is 11.8. The van der Waals surface area contributed by atoms with Crippen molar-refractivity contribution in [1.82, 2.24) is 15.5 Å². The molecule has 1 unspecified atom stereocenters. The molecule has 3 heteroatoms. The summed E-state index contributed by atoms with van der Waals surface area (Å²) < 4.78 is 0. The molecule has 92 valence electrons. The van der Waals surface area contributed by atoms with Gasteiger partial charge in [0.2, 0.25) is 0 Å². The number of hydrogen-bond donors (Lipinski definition) is 2. The van der Waals surface area contributed by atoms with E-state index in [1.807, 2.05) is 6.20 Å². The van der Waals surface area contributed by atoms with Crippen LogP contribution in [0, 0.1) is 12.8 Å². The van der Waals surface area contributed by atoms with Crippen molar-refractivity contribution >= 4 is 0 Å². The van der Waals surface area contributed by atoms with Crippen LogP contribution in [0.15, 0.2) is 6.20 Å². The molecule has 0 aliphatic rings. The van der Waals surface area contributed by atoms with Crippen molar-refractivity contribution in [2.75, 3.05) is 13.1 Å². The quantitative estimate of drug-likeness (QED) is 0.665. The van der Waals surface area contributed by atoms with E-state index in [1.165, 1.54) is 30.5 Å². The summed E-state index contributed by atoms with van der Waals surface area (Å²) in [6.07, 6.45) is 6.87. The molecule has 1 aromatic heterocycles. The van der Waals surface area contributed by atoms with Gasteiger partial charge < -0.3 is 5.32 Å². The van der Waals surface area contributed by atoms with E-state index < -0.39 is 0 Å². The van der Waals surface area contributed by atoms with E-state index in [4.69, 9.17) is 0 Å². The predicted molar refractivity (Wildman–Crippen MR) is 68.6 cm³/mol. The molecule has 0 bridgehead atoms. The summed E-state index contributed by atoms with van der Waals surface area (Å²) >= 11 is 0. The van der Waals surface area contributed by atoms with Crippen molar-refractivity contribution in [2.24, 2.45) is 5.92 Å². The number of nitrogens with one attached hydrogen (secondary N) is 2. The van der Waals surface area contributed by atoms with Gasteiger partial charge in [0.25, 0.3) is 0 Å². The zero-order valence-electron chi connectivity index (χ0n) is 10.8. The first-order chi connectivity index (χ1) is 7.74. The smallest absolute Gasteiger partial charge is 0.0522 e. The van der Waals surface area contributed by atoms with Crippen LogP contribution in [-0.2, 0) is 6.42 Å². The van der Waals surface area contributed by atoms with Gasteiger partial charge in [-0.15, -0.1) is 0 Å². The molecule has 1 rings (SSSR count). The number of aromatic amines is 1. The minimum absolute atomic E-state index is 0.806. The van der Waals surface area contributed by atoms with E-state index in [9.17, 15) is 0 Å². The van der Waals surface area contributed by atoms with E-state index >= 15 is 0 Å². The summed E-state index contributed by atoms with van der Waals surface area (Å²) in [5, 5.41) is 10.5. The second kappa shape index (κ2) is 7.44. The fraction of sp³-hybridized carbons (Fsp3) is 0.769. The van der Waals surface area contributed by atoms with Crippen LogP contribution in [0.5, 0.6) is 0 Å². The van der Waals surface area contributed by atoms with E-state index in [0.717, 1.165) is 25.4 Å². The lowest BCUT2D eigenvalue weighted by Gasteiger charge is -2.10. The third-order valence-electron chi connectivity index (χ3n) is 3.01. The fourth-order valence-electron chi connectivity index (χ4n) is 1.97. The van der Waals surface area contributed by atoms with Crippen LogP contribution >= 0.6 is 0 Å². The van der Waals surface area contributed by atoms with Gasteiger partial charge in [0.1, 0.15) is 0 Å². The van der Waals surface area contributed by atoms with Crippen molar-refractivity contribution in [2.45, 2.75) is 46.5 Å². The monoisotopic (exact) mass is 223 g/mol. The van der Waals surface area contributed by atoms with E-state index in [0.29, 0.717) is 0 Å². The Hall–Kier alpha value is -0.830. The van der Waals surface area contributed by atoms with Crippen LogP contribution < -0.4 is 5.32 Å². The summed E-state index contributed by atoms with van der Waals surface area (Å²) in [7, 11) is 0. The normalized spacial score (nSPS) is 12.9. The Balaban J connectivity index is 2.02. The summed E-state index contributed by atoms with van der Waals surface area (Å²) in [4.78, 5) is 0. The summed E-state index contributed by atoms with van der Waals surface area (Å²) in [6.45, 7) is 8.91. The minimum Gasteiger partial charge on any atom is -0.316 e. The molecule has 0 spiro atoms. The molecule has 16 heavy (non-hydrogen) atoms. The number of rotatable bonds is 8. The summed E-state index contributed by atoms with van der Waals surface area (Å²) in [5.74, 6) is 0.806. The molecule has 0 aromatic carbocycles. The molecule has 1 atom stereocenters. The predicted octanol–water partition coefficient (Wildman–Crippen LogP) is 2.68. The first-order valence-electron chi connectivity index (χ1n) is 6.43. The molecule has 2 N–H and O–H groups in total. The number of hydrogen-bond acceptors (Lipinski definition) is 2. The van der Waals surface area contributed by atoms with Crippen LogP contribution in [0.4, 0.5) is 0 Å². The topological polar surface area (TPSA) is 40.7 Å². The molecule has 0 saturated heterocycles. The second-order valence-electron chi connectivity index (χ2n) is 4.72. The number of nitrogens with zero attached hydrogens (tertiary/aromatic N) is 1. The van der Waals surface area contributed by atoms with E-state index in [2.05, 4.69) is 36.3 Å². The molecule has 0 amide bonds. The SMILES string of the molecule is CCCC(C)CNCCCc1cn[nH]c1C. The Morgan fingerprint density at radius 2 is 2.31 bits per heavy atom. The van der Waals surface area contributed by atoms with Gasteiger partial charge in [0.15, 0.2) is 0 Å². The maximum Gasteiger partial charge on any atom is 0.0522 e. The molecular weight excluding hydrogens is 198 g/mol. The Kier molecular flexibility index (Phi) is 6.16. The van der Waals surface area contributed by atoms with Crippen LogP contribution in [0.2, 0.25) is 0 Å². The molecule has 0 aliphatic heterocycles. The summed E-state index contributed by atoms with van der Waals surface area (Å²) in [6, 6.07) is 0. The van der Waals surface area contributed by atoms with Gasteiger partial charge in [-0.05, 0) is 50.8 Å². The van der Waals surface area contributed by atoms with Crippen LogP contribution in [0.1, 0.15) is 44.4 Å². The van der Waals surface area contributed by atoms with Gasteiger partial charge >= 0.3 is 0 Å². The van der Waals surface area contributed by atoms with E-state index in [1.54, 1.807) is 0 Å². The van der Waals surface area contributed by atoms with Gasteiger partial charge in [-0.25, -0.2) is 0 Å². The van der Waals surface area contributed by atoms with Gasteiger partial charge in [-0.2, -0.15) is 5.10 Å². The number of aromatic nitrogens is 2. The molecule has 0 fully saturated rings. The third-order valence-corrected chi connectivity index (χ3v) is 3.01. The standard InChI is InChI=1S/C13H25N3/c1-4-6-11(2)9-14-8-5-7-13-10-15-16-12(13)3/h10-11,14H,4-9H2,1-3H3,(H,15,16). The maximum atomic E-state index is 4.03. The van der Waals surface area contributed by atoms with Gasteiger partial charge in [-0.3, -0.25) is 5.10 Å². The Morgan fingerprint density at radius 3 is 2.94 bits per heavy atom. The fourth-order valence-corrected chi connectivity index (χ4v) is 1.97. The zero-order valence-corrected chi connectivity index (χ0v) is 10.8. The molecule has 1 heterocycles. The van der Waals surface area contributed by atoms with Gasteiger partial charge in [-0.1, -0.05) is 20.3 Å². The van der Waals surface area contributed by atoms with Crippen LogP contribution in [0.3, 0.4) is 0 Å². The third kappa shape index (κ3) is 4.79. The van der Waals surface area contributed by atoms with E-state index in [-0.39, 0.29) is 0 Å². The van der Waals surface area contributed by atoms with Crippen molar-refractivity contribution in [3.8, 4) is 0 Å². The molecular formula is C13H25N3. The average Bonchev–Trinajstić information content (AvgIpc) is 2.64.